The lowest BCUT2D eigenvalue weighted by Crippen LogP contribution is -2.14. The Balaban J connectivity index is 2.28. The molecule has 1 amide bonds. The van der Waals surface area contributed by atoms with Crippen molar-refractivity contribution in [3.63, 3.8) is 0 Å². The summed E-state index contributed by atoms with van der Waals surface area (Å²) in [6, 6.07) is 6.51. The number of benzene rings is 2. The van der Waals surface area contributed by atoms with Crippen LogP contribution < -0.4 is 5.32 Å². The highest BCUT2D eigenvalue weighted by atomic mass is 79.9. The van der Waals surface area contributed by atoms with Crippen LogP contribution in [0.25, 0.3) is 0 Å². The van der Waals surface area contributed by atoms with Crippen LogP contribution in [0.3, 0.4) is 0 Å². The van der Waals surface area contributed by atoms with E-state index < -0.39 is 23.4 Å². The van der Waals surface area contributed by atoms with Crippen molar-refractivity contribution in [3.05, 3.63) is 63.9 Å². The van der Waals surface area contributed by atoms with Crippen LogP contribution in [0.1, 0.15) is 10.4 Å². The van der Waals surface area contributed by atoms with Gasteiger partial charge in [-0.15, -0.1) is 0 Å². The Morgan fingerprint density at radius 3 is 2.42 bits per heavy atom. The second-order valence-electron chi connectivity index (χ2n) is 3.70. The lowest BCUT2D eigenvalue weighted by molar-refractivity contribution is 0.102. The van der Waals surface area contributed by atoms with Crippen LogP contribution in [0.2, 0.25) is 0 Å². The minimum atomic E-state index is -0.927. The first-order valence-electron chi connectivity index (χ1n) is 5.19. The average Bonchev–Trinajstić information content (AvgIpc) is 2.35. The summed E-state index contributed by atoms with van der Waals surface area (Å²) in [7, 11) is 0. The molecule has 2 nitrogen and oxygen atoms in total. The standard InChI is InChI=1S/C13H7BrF3NO/c14-7-1-3-10(16)9(5-7)13(19)18-12-4-2-8(15)6-11(12)17/h1-6H,(H,18,19). The summed E-state index contributed by atoms with van der Waals surface area (Å²) in [5, 5.41) is 2.18. The molecule has 0 saturated carbocycles. The number of carbonyl (C=O) groups is 1. The summed E-state index contributed by atoms with van der Waals surface area (Å²) < 4.78 is 40.0. The third kappa shape index (κ3) is 3.14. The van der Waals surface area contributed by atoms with E-state index in [2.05, 4.69) is 21.2 Å². The van der Waals surface area contributed by atoms with E-state index in [1.807, 2.05) is 0 Å². The Bertz CT molecular complexity index is 646. The zero-order valence-corrected chi connectivity index (χ0v) is 11.0. The molecule has 19 heavy (non-hydrogen) atoms. The number of nitrogens with one attached hydrogen (secondary N) is 1. The van der Waals surface area contributed by atoms with Gasteiger partial charge in [0.25, 0.3) is 5.91 Å². The minimum absolute atomic E-state index is 0.217. The van der Waals surface area contributed by atoms with Crippen LogP contribution >= 0.6 is 15.9 Å². The van der Waals surface area contributed by atoms with Gasteiger partial charge in [0.1, 0.15) is 17.5 Å². The predicted octanol–water partition coefficient (Wildman–Crippen LogP) is 4.12. The average molecular weight is 330 g/mol. The van der Waals surface area contributed by atoms with Gasteiger partial charge in [-0.3, -0.25) is 4.79 Å². The molecule has 0 radical (unpaired) electrons. The first kappa shape index (κ1) is 13.6. The smallest absolute Gasteiger partial charge is 0.258 e. The molecule has 98 valence electrons. The maximum absolute atomic E-state index is 13.5. The lowest BCUT2D eigenvalue weighted by Gasteiger charge is -2.07. The molecule has 2 aromatic carbocycles. The predicted molar refractivity (Wildman–Crippen MR) is 68.4 cm³/mol. The molecule has 0 aromatic heterocycles. The summed E-state index contributed by atoms with van der Waals surface area (Å²) in [6.45, 7) is 0. The van der Waals surface area contributed by atoms with Gasteiger partial charge >= 0.3 is 0 Å². The molecule has 0 aliphatic heterocycles. The fraction of sp³-hybridized carbons (Fsp3) is 0. The normalized spacial score (nSPS) is 10.3. The van der Waals surface area contributed by atoms with Gasteiger partial charge in [0, 0.05) is 10.5 Å². The van der Waals surface area contributed by atoms with Crippen LogP contribution in [0.15, 0.2) is 40.9 Å². The summed E-state index contributed by atoms with van der Waals surface area (Å²) in [5.41, 5.74) is -0.455. The van der Waals surface area contributed by atoms with E-state index in [9.17, 15) is 18.0 Å². The van der Waals surface area contributed by atoms with E-state index in [0.717, 1.165) is 18.2 Å². The second kappa shape index (κ2) is 5.44. The number of hydrogen-bond donors (Lipinski definition) is 1. The van der Waals surface area contributed by atoms with Gasteiger partial charge in [-0.05, 0) is 30.3 Å². The first-order chi connectivity index (χ1) is 8.97. The largest absolute Gasteiger partial charge is 0.319 e. The van der Waals surface area contributed by atoms with Crippen molar-refractivity contribution in [2.75, 3.05) is 5.32 Å². The lowest BCUT2D eigenvalue weighted by atomic mass is 10.2. The molecule has 2 rings (SSSR count). The zero-order chi connectivity index (χ0) is 14.0. The number of anilines is 1. The van der Waals surface area contributed by atoms with Gasteiger partial charge in [-0.25, -0.2) is 13.2 Å². The van der Waals surface area contributed by atoms with Gasteiger partial charge in [0.15, 0.2) is 0 Å². The summed E-state index contributed by atoms with van der Waals surface area (Å²) in [6.07, 6.45) is 0. The van der Waals surface area contributed by atoms with Crippen molar-refractivity contribution in [1.29, 1.82) is 0 Å². The molecule has 2 aromatic rings. The Morgan fingerprint density at radius 1 is 1.00 bits per heavy atom. The fourth-order valence-corrected chi connectivity index (χ4v) is 1.81. The van der Waals surface area contributed by atoms with E-state index in [-0.39, 0.29) is 11.3 Å². The maximum atomic E-state index is 13.5. The van der Waals surface area contributed by atoms with Gasteiger partial charge in [0.05, 0.1) is 11.3 Å². The van der Waals surface area contributed by atoms with E-state index in [1.54, 1.807) is 0 Å². The van der Waals surface area contributed by atoms with Crippen LogP contribution in [0.5, 0.6) is 0 Å². The van der Waals surface area contributed by atoms with Gasteiger partial charge in [-0.1, -0.05) is 15.9 Å². The van der Waals surface area contributed by atoms with Crippen LogP contribution in [0, 0.1) is 17.5 Å². The van der Waals surface area contributed by atoms with Crippen LogP contribution in [-0.2, 0) is 0 Å². The highest BCUT2D eigenvalue weighted by Crippen LogP contribution is 2.19. The fourth-order valence-electron chi connectivity index (χ4n) is 1.45. The molecule has 0 aliphatic carbocycles. The molecule has 0 atom stereocenters. The number of hydrogen-bond acceptors (Lipinski definition) is 1. The molecule has 0 fully saturated rings. The van der Waals surface area contributed by atoms with Gasteiger partial charge in [-0.2, -0.15) is 0 Å². The minimum Gasteiger partial charge on any atom is -0.319 e. The summed E-state index contributed by atoms with van der Waals surface area (Å²) in [5.74, 6) is -3.24. The molecule has 0 bridgehead atoms. The third-order valence-corrected chi connectivity index (χ3v) is 2.85. The Kier molecular flexibility index (Phi) is 3.90. The molecule has 0 heterocycles. The molecular formula is C13H7BrF3NO. The molecule has 0 unspecified atom stereocenters. The molecule has 1 N–H and O–H groups in total. The van der Waals surface area contributed by atoms with Gasteiger partial charge < -0.3 is 5.32 Å². The van der Waals surface area contributed by atoms with Crippen molar-refractivity contribution in [2.45, 2.75) is 0 Å². The molecule has 0 aliphatic rings. The Labute approximate surface area is 115 Å². The highest BCUT2D eigenvalue weighted by molar-refractivity contribution is 9.10. The van der Waals surface area contributed by atoms with E-state index in [1.165, 1.54) is 12.1 Å². The van der Waals surface area contributed by atoms with E-state index in [4.69, 9.17) is 0 Å². The topological polar surface area (TPSA) is 29.1 Å². The van der Waals surface area contributed by atoms with Crippen LogP contribution in [-0.4, -0.2) is 5.91 Å². The molecule has 6 heteroatoms. The van der Waals surface area contributed by atoms with E-state index >= 15 is 0 Å². The molecular weight excluding hydrogens is 323 g/mol. The van der Waals surface area contributed by atoms with Crippen LogP contribution in [0.4, 0.5) is 18.9 Å². The van der Waals surface area contributed by atoms with Crippen molar-refractivity contribution < 1.29 is 18.0 Å². The Hall–Kier alpha value is -1.82. The molecule has 0 spiro atoms. The summed E-state index contributed by atoms with van der Waals surface area (Å²) in [4.78, 5) is 11.8. The van der Waals surface area contributed by atoms with Crippen molar-refractivity contribution in [1.82, 2.24) is 0 Å². The van der Waals surface area contributed by atoms with E-state index in [0.29, 0.717) is 10.5 Å². The molecule has 0 saturated heterocycles. The maximum Gasteiger partial charge on any atom is 0.258 e. The SMILES string of the molecule is O=C(Nc1ccc(F)cc1F)c1cc(Br)ccc1F. The number of amides is 1. The first-order valence-corrected chi connectivity index (χ1v) is 5.98. The number of halogens is 4. The monoisotopic (exact) mass is 329 g/mol. The van der Waals surface area contributed by atoms with Gasteiger partial charge in [0.2, 0.25) is 0 Å². The van der Waals surface area contributed by atoms with Crippen molar-refractivity contribution >= 4 is 27.5 Å². The van der Waals surface area contributed by atoms with Crippen molar-refractivity contribution in [3.8, 4) is 0 Å². The third-order valence-electron chi connectivity index (χ3n) is 2.35. The highest BCUT2D eigenvalue weighted by Gasteiger charge is 2.14. The number of carbonyl (C=O) groups excluding carboxylic acids is 1. The number of rotatable bonds is 2. The summed E-state index contributed by atoms with van der Waals surface area (Å²) >= 11 is 3.10. The second-order valence-corrected chi connectivity index (χ2v) is 4.62. The zero-order valence-electron chi connectivity index (χ0n) is 9.38. The quantitative estimate of drug-likeness (QED) is 0.882. The Morgan fingerprint density at radius 2 is 1.74 bits per heavy atom. The van der Waals surface area contributed by atoms with Crippen molar-refractivity contribution in [2.24, 2.45) is 0 Å².